The van der Waals surface area contributed by atoms with Gasteiger partial charge in [0.25, 0.3) is 0 Å². The summed E-state index contributed by atoms with van der Waals surface area (Å²) in [4.78, 5) is 11.4. The lowest BCUT2D eigenvalue weighted by molar-refractivity contribution is -0.367. The van der Waals surface area contributed by atoms with Gasteiger partial charge in [-0.25, -0.2) is 0 Å². The van der Waals surface area contributed by atoms with Crippen molar-refractivity contribution in [1.29, 1.82) is 0 Å². The maximum absolute atomic E-state index is 11.4. The first-order chi connectivity index (χ1) is 22.3. The fraction of sp³-hybridized carbons (Fsp3) is 0.967. The first-order valence-corrected chi connectivity index (χ1v) is 16.4. The van der Waals surface area contributed by atoms with Crippen LogP contribution in [-0.4, -0.2) is 181 Å². The van der Waals surface area contributed by atoms with Crippen molar-refractivity contribution in [2.24, 2.45) is 11.8 Å². The molecule has 10 N–H and O–H groups in total. The van der Waals surface area contributed by atoms with Crippen LogP contribution in [0.15, 0.2) is 0 Å². The molecule has 9 unspecified atom stereocenters. The fourth-order valence-corrected chi connectivity index (χ4v) is 7.76. The lowest BCUT2D eigenvalue weighted by Crippen LogP contribution is -2.64. The molecule has 47 heavy (non-hydrogen) atoms. The van der Waals surface area contributed by atoms with E-state index < -0.39 is 129 Å². The second-order valence-electron chi connectivity index (χ2n) is 13.5. The van der Waals surface area contributed by atoms with Crippen LogP contribution >= 0.6 is 0 Å². The number of carbonyl (C=O) groups is 1. The summed E-state index contributed by atoms with van der Waals surface area (Å²) in [5.74, 6) is -1.21. The van der Waals surface area contributed by atoms with Crippen LogP contribution in [0.2, 0.25) is 0 Å². The Morgan fingerprint density at radius 1 is 0.745 bits per heavy atom. The quantitative estimate of drug-likeness (QED) is 0.0819. The van der Waals surface area contributed by atoms with Crippen LogP contribution in [0.3, 0.4) is 0 Å². The summed E-state index contributed by atoms with van der Waals surface area (Å²) in [6.07, 6.45) is -17.5. The van der Waals surface area contributed by atoms with Gasteiger partial charge < -0.3 is 79.1 Å². The van der Waals surface area contributed by atoms with E-state index in [0.717, 1.165) is 0 Å². The Hall–Kier alpha value is -1.13. The Balaban J connectivity index is 1.38. The lowest BCUT2D eigenvalue weighted by atomic mass is 9.72. The minimum Gasteiger partial charge on any atom is -0.463 e. The van der Waals surface area contributed by atoms with E-state index in [1.54, 1.807) is 0 Å². The lowest BCUT2D eigenvalue weighted by Gasteiger charge is -2.50. The van der Waals surface area contributed by atoms with E-state index in [1.807, 2.05) is 0 Å². The van der Waals surface area contributed by atoms with Crippen molar-refractivity contribution < 1.29 is 83.9 Å². The van der Waals surface area contributed by atoms with E-state index >= 15 is 0 Å². The molecule has 5 rings (SSSR count). The minimum atomic E-state index is -1.68. The molecule has 5 aliphatic rings. The maximum atomic E-state index is 11.4. The number of esters is 1. The molecule has 0 spiro atoms. The van der Waals surface area contributed by atoms with E-state index in [2.05, 4.69) is 0 Å². The van der Waals surface area contributed by atoms with Crippen molar-refractivity contribution in [2.45, 2.75) is 150 Å². The zero-order valence-electron chi connectivity index (χ0n) is 26.5. The van der Waals surface area contributed by atoms with E-state index in [0.29, 0.717) is 25.7 Å². The fourth-order valence-electron chi connectivity index (χ4n) is 7.76. The van der Waals surface area contributed by atoms with Gasteiger partial charge in [-0.05, 0) is 25.7 Å². The Morgan fingerprint density at radius 3 is 1.98 bits per heavy atom. The summed E-state index contributed by atoms with van der Waals surface area (Å²) >= 11 is 0. The zero-order valence-corrected chi connectivity index (χ0v) is 26.5. The molecule has 0 radical (unpaired) electrons. The summed E-state index contributed by atoms with van der Waals surface area (Å²) in [7, 11) is 1.51. The molecule has 0 aromatic heterocycles. The molecule has 3 saturated heterocycles. The largest absolute Gasteiger partial charge is 0.463 e. The third-order valence-electron chi connectivity index (χ3n) is 10.4. The van der Waals surface area contributed by atoms with Crippen molar-refractivity contribution in [3.63, 3.8) is 0 Å². The number of ether oxygens (including phenoxy) is 7. The summed E-state index contributed by atoms with van der Waals surface area (Å²) in [6.45, 7) is 0.135. The molecule has 19 atom stereocenters. The van der Waals surface area contributed by atoms with Gasteiger partial charge in [-0.2, -0.15) is 0 Å². The normalized spacial score (nSPS) is 50.8. The maximum Gasteiger partial charge on any atom is 0.302 e. The van der Waals surface area contributed by atoms with Crippen LogP contribution in [0.4, 0.5) is 0 Å². The van der Waals surface area contributed by atoms with Gasteiger partial charge >= 0.3 is 5.97 Å². The van der Waals surface area contributed by atoms with Crippen LogP contribution < -0.4 is 0 Å². The van der Waals surface area contributed by atoms with Crippen LogP contribution in [0.25, 0.3) is 0 Å². The first kappa shape index (κ1) is 37.1. The number of carbonyl (C=O) groups excluding carboxylic acids is 1. The number of hydrogen-bond donors (Lipinski definition) is 9. The highest BCUT2D eigenvalue weighted by atomic mass is 16.7. The molecule has 2 aliphatic carbocycles. The predicted molar refractivity (Wildman–Crippen MR) is 154 cm³/mol. The molecular formula is C30H51O17+. The van der Waals surface area contributed by atoms with Gasteiger partial charge in [0.15, 0.2) is 24.8 Å². The summed E-state index contributed by atoms with van der Waals surface area (Å²) < 4.78 is 39.5. The van der Waals surface area contributed by atoms with Gasteiger partial charge in [0, 0.05) is 32.8 Å². The van der Waals surface area contributed by atoms with Crippen molar-refractivity contribution in [3.05, 3.63) is 0 Å². The Labute approximate surface area is 271 Å². The average Bonchev–Trinajstić information content (AvgIpc) is 3.04. The number of fused-ring (bicyclic) bond motifs is 1. The van der Waals surface area contributed by atoms with E-state index in [1.165, 1.54) is 14.0 Å². The molecule has 0 aromatic rings. The van der Waals surface area contributed by atoms with Gasteiger partial charge in [-0.1, -0.05) is 0 Å². The Kier molecular flexibility index (Phi) is 12.5. The van der Waals surface area contributed by atoms with Gasteiger partial charge in [0.2, 0.25) is 0 Å². The number of methoxy groups -OCH3 is 1. The minimum absolute atomic E-state index is 0.106. The predicted octanol–water partition coefficient (Wildman–Crippen LogP) is -4.46. The molecule has 0 amide bonds. The Bertz CT molecular complexity index is 1020. The summed E-state index contributed by atoms with van der Waals surface area (Å²) in [6, 6.07) is 0. The summed E-state index contributed by atoms with van der Waals surface area (Å²) in [5.41, 5.74) is 0. The topological polar surface area (TPSA) is 267 Å². The van der Waals surface area contributed by atoms with Crippen molar-refractivity contribution in [2.75, 3.05) is 20.3 Å². The molecular weight excluding hydrogens is 632 g/mol. The van der Waals surface area contributed by atoms with E-state index in [9.17, 15) is 50.8 Å². The van der Waals surface area contributed by atoms with Crippen LogP contribution in [0, 0.1) is 11.8 Å². The van der Waals surface area contributed by atoms with E-state index in [-0.39, 0.29) is 18.8 Å². The standard InChI is InChI=1S/C30H50O17/c1-11(32)42-10-21-23(36)25(38)27(40)29(47-21)44-17-7-13(33)6-16-14(17)8-19(28(43-16)12-3-4-15(34)18(5-12)41-2)45-30-26(39)24(37)22(35)20(9-31)46-30/h12-31,33-40H,3-10H2,1-2H3/p+1/t12?,13?,14?,15?,16?,17?,18?,19?,20-,21-,22-,23-,24+,25+,26-,27-,28?,29-,30-/m1/s1. The highest BCUT2D eigenvalue weighted by molar-refractivity contribution is 5.65. The van der Waals surface area contributed by atoms with Crippen molar-refractivity contribution in [3.8, 4) is 0 Å². The molecule has 3 aliphatic heterocycles. The molecule has 272 valence electrons. The SMILES string of the molecule is COC1CC(C2[OH+]C3CC(O)CC(O[C@@H]4O[C@H](COC(C)=O)[C@@H](O)[C@H](O)[C@H]4O)C3CC2O[C@@H]2O[C@H](CO)[C@@H](O)[C@H](O)[C@H]2O)CCC1O. The average molecular weight is 684 g/mol. The van der Waals surface area contributed by atoms with Crippen LogP contribution in [0.5, 0.6) is 0 Å². The number of aliphatic hydroxyl groups excluding tert-OH is 9. The number of aliphatic hydroxyl groups is 11. The highest BCUT2D eigenvalue weighted by Crippen LogP contribution is 2.44. The first-order valence-electron chi connectivity index (χ1n) is 16.4. The molecule has 0 aromatic carbocycles. The van der Waals surface area contributed by atoms with Crippen molar-refractivity contribution in [1.82, 2.24) is 0 Å². The molecule has 17 heteroatoms. The van der Waals surface area contributed by atoms with Crippen LogP contribution in [-0.2, 0) is 33.2 Å². The Morgan fingerprint density at radius 2 is 1.36 bits per heavy atom. The van der Waals surface area contributed by atoms with Gasteiger partial charge in [-0.3, -0.25) is 4.79 Å². The van der Waals surface area contributed by atoms with Gasteiger partial charge in [0.05, 0.1) is 36.9 Å². The molecule has 2 saturated carbocycles. The summed E-state index contributed by atoms with van der Waals surface area (Å²) in [5, 5.41) is 94.2. The monoisotopic (exact) mass is 683 g/mol. The third kappa shape index (κ3) is 8.10. The second kappa shape index (κ2) is 15.8. The molecule has 0 bridgehead atoms. The molecule has 17 nitrogen and oxygen atoms in total. The van der Waals surface area contributed by atoms with Gasteiger partial charge in [0.1, 0.15) is 61.5 Å². The third-order valence-corrected chi connectivity index (χ3v) is 10.4. The smallest absolute Gasteiger partial charge is 0.302 e. The van der Waals surface area contributed by atoms with Gasteiger partial charge in [-0.15, -0.1) is 0 Å². The number of rotatable bonds is 9. The van der Waals surface area contributed by atoms with Crippen LogP contribution in [0.1, 0.15) is 45.4 Å². The second-order valence-corrected chi connectivity index (χ2v) is 13.5. The number of hydrogen-bond acceptors (Lipinski definition) is 16. The zero-order chi connectivity index (χ0) is 34.2. The van der Waals surface area contributed by atoms with Crippen molar-refractivity contribution >= 4 is 5.97 Å². The molecule has 5 fully saturated rings. The van der Waals surface area contributed by atoms with E-state index in [4.69, 9.17) is 33.2 Å². The highest BCUT2D eigenvalue weighted by Gasteiger charge is 2.56. The molecule has 3 heterocycles.